The quantitative estimate of drug-likeness (QED) is 0.417. The van der Waals surface area contributed by atoms with Crippen LogP contribution < -0.4 is 15.8 Å². The number of ether oxygens (including phenoxy) is 1. The maximum absolute atomic E-state index is 12.4. The van der Waals surface area contributed by atoms with Crippen LogP contribution in [0.5, 0.6) is 5.75 Å². The fraction of sp³-hybridized carbons (Fsp3) is 0.450. The first-order chi connectivity index (χ1) is 12.5. The molecule has 1 aromatic rings. The molecular weight excluding hydrogens is 332 g/mol. The first-order valence-corrected chi connectivity index (χ1v) is 8.94. The Morgan fingerprint density at radius 1 is 1.12 bits per heavy atom. The van der Waals surface area contributed by atoms with Gasteiger partial charge in [0.15, 0.2) is 5.78 Å². The smallest absolute Gasteiger partial charge is 0.246 e. The molecule has 0 aliphatic heterocycles. The largest absolute Gasteiger partial charge is 0.486 e. The van der Waals surface area contributed by atoms with E-state index in [4.69, 9.17) is 10.5 Å². The molecule has 0 aliphatic carbocycles. The molecule has 0 aromatic heterocycles. The average Bonchev–Trinajstić information content (AvgIpc) is 2.64. The van der Waals surface area contributed by atoms with Gasteiger partial charge < -0.3 is 15.8 Å². The summed E-state index contributed by atoms with van der Waals surface area (Å²) >= 11 is 0. The maximum atomic E-state index is 12.4. The molecule has 26 heavy (non-hydrogen) atoms. The van der Waals surface area contributed by atoms with Crippen molar-refractivity contribution in [1.82, 2.24) is 5.32 Å². The van der Waals surface area contributed by atoms with Crippen molar-refractivity contribution in [3.63, 3.8) is 0 Å². The van der Waals surface area contributed by atoms with Crippen molar-refractivity contribution in [3.05, 3.63) is 42.5 Å². The molecule has 3 N–H and O–H groups in total. The van der Waals surface area contributed by atoms with Crippen molar-refractivity contribution in [2.75, 3.05) is 6.61 Å². The Kier molecular flexibility index (Phi) is 9.75. The van der Waals surface area contributed by atoms with E-state index in [0.717, 1.165) is 32.1 Å². The van der Waals surface area contributed by atoms with Gasteiger partial charge >= 0.3 is 0 Å². The Bertz CT molecular complexity index is 613. The number of benzene rings is 1. The molecule has 0 saturated heterocycles. The molecule has 0 fully saturated rings. The van der Waals surface area contributed by atoms with Crippen molar-refractivity contribution < 1.29 is 19.1 Å². The van der Waals surface area contributed by atoms with Crippen LogP contribution >= 0.6 is 0 Å². The summed E-state index contributed by atoms with van der Waals surface area (Å²) in [5.41, 5.74) is 5.08. The second-order valence-corrected chi connectivity index (χ2v) is 6.12. The Morgan fingerprint density at radius 2 is 1.77 bits per heavy atom. The lowest BCUT2D eigenvalue weighted by Gasteiger charge is -2.18. The number of primary amides is 1. The zero-order chi connectivity index (χ0) is 19.4. The Hall–Kier alpha value is -2.63. The van der Waals surface area contributed by atoms with Crippen molar-refractivity contribution in [1.29, 1.82) is 0 Å². The van der Waals surface area contributed by atoms with Crippen LogP contribution in [0, 0.1) is 0 Å². The molecule has 1 atom stereocenters. The summed E-state index contributed by atoms with van der Waals surface area (Å²) in [5.74, 6) is -1.09. The third kappa shape index (κ3) is 7.96. The SMILES string of the molecule is C=C(C(N)=O)[C@@H](NC(=O)CCCCCCC)C(=O)COc1ccccc1. The van der Waals surface area contributed by atoms with Crippen molar-refractivity contribution in [3.8, 4) is 5.75 Å². The summed E-state index contributed by atoms with van der Waals surface area (Å²) in [6.45, 7) is 5.37. The third-order valence-corrected chi connectivity index (χ3v) is 3.92. The molecule has 1 aromatic carbocycles. The summed E-state index contributed by atoms with van der Waals surface area (Å²) in [6.07, 6.45) is 5.31. The Morgan fingerprint density at radius 3 is 2.38 bits per heavy atom. The first-order valence-electron chi connectivity index (χ1n) is 8.94. The van der Waals surface area contributed by atoms with E-state index in [0.29, 0.717) is 12.2 Å². The van der Waals surface area contributed by atoms with Gasteiger partial charge in [-0.3, -0.25) is 14.4 Å². The number of amides is 2. The van der Waals surface area contributed by atoms with Crippen LogP contribution in [0.3, 0.4) is 0 Å². The van der Waals surface area contributed by atoms with E-state index in [9.17, 15) is 14.4 Å². The highest BCUT2D eigenvalue weighted by Crippen LogP contribution is 2.10. The number of Topliss-reactive ketones (excluding diaryl/α,β-unsaturated/α-hetero) is 1. The molecule has 6 nitrogen and oxygen atoms in total. The monoisotopic (exact) mass is 360 g/mol. The molecular formula is C20H28N2O4. The second kappa shape index (κ2) is 11.8. The molecule has 0 aliphatic rings. The molecule has 0 bridgehead atoms. The van der Waals surface area contributed by atoms with E-state index in [1.807, 2.05) is 6.07 Å². The molecule has 1 rings (SSSR count). The van der Waals surface area contributed by atoms with Gasteiger partial charge in [0, 0.05) is 12.0 Å². The molecule has 0 radical (unpaired) electrons. The van der Waals surface area contributed by atoms with Gasteiger partial charge in [0.05, 0.1) is 0 Å². The minimum Gasteiger partial charge on any atom is -0.486 e. The van der Waals surface area contributed by atoms with Gasteiger partial charge in [0.1, 0.15) is 18.4 Å². The number of ketones is 1. The summed E-state index contributed by atoms with van der Waals surface area (Å²) in [6, 6.07) is 7.63. The van der Waals surface area contributed by atoms with E-state index in [2.05, 4.69) is 18.8 Å². The van der Waals surface area contributed by atoms with Crippen molar-refractivity contribution >= 4 is 17.6 Å². The lowest BCUT2D eigenvalue weighted by molar-refractivity contribution is -0.129. The minimum absolute atomic E-state index is 0.147. The van der Waals surface area contributed by atoms with Gasteiger partial charge in [-0.05, 0) is 18.6 Å². The number of carbonyl (C=O) groups excluding carboxylic acids is 3. The van der Waals surface area contributed by atoms with E-state index in [1.54, 1.807) is 24.3 Å². The summed E-state index contributed by atoms with van der Waals surface area (Å²) in [7, 11) is 0. The lowest BCUT2D eigenvalue weighted by atomic mass is 10.0. The topological polar surface area (TPSA) is 98.5 Å². The fourth-order valence-electron chi connectivity index (χ4n) is 2.38. The van der Waals surface area contributed by atoms with Gasteiger partial charge in [-0.25, -0.2) is 0 Å². The highest BCUT2D eigenvalue weighted by molar-refractivity contribution is 6.03. The van der Waals surface area contributed by atoms with Crippen molar-refractivity contribution in [2.24, 2.45) is 5.73 Å². The van der Waals surface area contributed by atoms with Gasteiger partial charge in [0.25, 0.3) is 0 Å². The maximum Gasteiger partial charge on any atom is 0.246 e. The summed E-state index contributed by atoms with van der Waals surface area (Å²) < 4.78 is 5.39. The van der Waals surface area contributed by atoms with Gasteiger partial charge in [-0.1, -0.05) is 57.4 Å². The highest BCUT2D eigenvalue weighted by Gasteiger charge is 2.26. The Labute approximate surface area is 154 Å². The zero-order valence-corrected chi connectivity index (χ0v) is 15.3. The van der Waals surface area contributed by atoms with Crippen LogP contribution in [0.1, 0.15) is 45.4 Å². The predicted octanol–water partition coefficient (Wildman–Crippen LogP) is 2.52. The number of nitrogens with one attached hydrogen (secondary N) is 1. The molecule has 0 saturated carbocycles. The molecule has 142 valence electrons. The van der Waals surface area contributed by atoms with Crippen molar-refractivity contribution in [2.45, 2.75) is 51.5 Å². The average molecular weight is 360 g/mol. The van der Waals surface area contributed by atoms with E-state index in [1.165, 1.54) is 0 Å². The molecule has 2 amide bonds. The Balaban J connectivity index is 2.57. The van der Waals surface area contributed by atoms with Crippen LogP contribution in [-0.4, -0.2) is 30.2 Å². The van der Waals surface area contributed by atoms with Gasteiger partial charge in [-0.2, -0.15) is 0 Å². The van der Waals surface area contributed by atoms with E-state index < -0.39 is 17.7 Å². The number of rotatable bonds is 13. The first kappa shape index (κ1) is 21.4. The highest BCUT2D eigenvalue weighted by atomic mass is 16.5. The lowest BCUT2D eigenvalue weighted by Crippen LogP contribution is -2.46. The third-order valence-electron chi connectivity index (χ3n) is 3.92. The normalized spacial score (nSPS) is 11.4. The number of carbonyl (C=O) groups is 3. The standard InChI is InChI=1S/C20H28N2O4/c1-3-4-5-6-10-13-18(24)22-19(15(2)20(21)25)17(23)14-26-16-11-8-7-9-12-16/h7-9,11-12,19H,2-6,10,13-14H2,1H3,(H2,21,25)(H,22,24)/t19-/m1/s1. The summed E-state index contributed by atoms with van der Waals surface area (Å²) in [5, 5.41) is 2.56. The van der Waals surface area contributed by atoms with Gasteiger partial charge in [0.2, 0.25) is 11.8 Å². The second-order valence-electron chi connectivity index (χ2n) is 6.12. The number of hydrogen-bond acceptors (Lipinski definition) is 4. The van der Waals surface area contributed by atoms with Crippen LogP contribution in [-0.2, 0) is 14.4 Å². The zero-order valence-electron chi connectivity index (χ0n) is 15.3. The van der Waals surface area contributed by atoms with Crippen LogP contribution in [0.15, 0.2) is 42.5 Å². The number of nitrogens with two attached hydrogens (primary N) is 1. The predicted molar refractivity (Wildman–Crippen MR) is 101 cm³/mol. The van der Waals surface area contributed by atoms with Crippen LogP contribution in [0.2, 0.25) is 0 Å². The molecule has 0 unspecified atom stereocenters. The van der Waals surface area contributed by atoms with E-state index >= 15 is 0 Å². The minimum atomic E-state index is -1.17. The van der Waals surface area contributed by atoms with Gasteiger partial charge in [-0.15, -0.1) is 0 Å². The number of hydrogen-bond donors (Lipinski definition) is 2. The molecule has 6 heteroatoms. The fourth-order valence-corrected chi connectivity index (χ4v) is 2.38. The van der Waals surface area contributed by atoms with Crippen LogP contribution in [0.4, 0.5) is 0 Å². The molecule has 0 spiro atoms. The molecule has 0 heterocycles. The van der Waals surface area contributed by atoms with Crippen LogP contribution in [0.25, 0.3) is 0 Å². The summed E-state index contributed by atoms with van der Waals surface area (Å²) in [4.78, 5) is 35.9. The van der Waals surface area contributed by atoms with E-state index in [-0.39, 0.29) is 18.1 Å². The number of unbranched alkanes of at least 4 members (excludes halogenated alkanes) is 4. The number of para-hydroxylation sites is 1.